The average Bonchev–Trinajstić information content (AvgIpc) is 2.71. The quantitative estimate of drug-likeness (QED) is 0.898. The Hall–Kier alpha value is -1.38. The maximum atomic E-state index is 11.3. The number of nitrogens with two attached hydrogens (primary N) is 1. The SMILES string of the molecule is COc1ccc(Br)cc1Cn1cc(S(N)(=O)=O)nc1C. The zero-order chi connectivity index (χ0) is 14.9. The predicted molar refractivity (Wildman–Crippen MR) is 78.1 cm³/mol. The zero-order valence-electron chi connectivity index (χ0n) is 11.0. The number of hydrogen-bond acceptors (Lipinski definition) is 4. The van der Waals surface area contributed by atoms with Crippen molar-refractivity contribution in [2.45, 2.75) is 18.5 Å². The second-order valence-corrected chi connectivity index (χ2v) is 6.68. The summed E-state index contributed by atoms with van der Waals surface area (Å²) in [5.41, 5.74) is 0.906. The monoisotopic (exact) mass is 359 g/mol. The number of aryl methyl sites for hydroxylation is 1. The van der Waals surface area contributed by atoms with Crippen LogP contribution in [0.15, 0.2) is 33.9 Å². The summed E-state index contributed by atoms with van der Waals surface area (Å²) in [4.78, 5) is 3.95. The number of benzene rings is 1. The highest BCUT2D eigenvalue weighted by Crippen LogP contribution is 2.24. The van der Waals surface area contributed by atoms with Gasteiger partial charge in [-0.15, -0.1) is 0 Å². The second kappa shape index (κ2) is 5.55. The number of imidazole rings is 1. The molecule has 0 amide bonds. The molecular formula is C12H14BrN3O3S. The predicted octanol–water partition coefficient (Wildman–Crippen LogP) is 1.66. The fourth-order valence-electron chi connectivity index (χ4n) is 1.83. The first kappa shape index (κ1) is 15.0. The highest BCUT2D eigenvalue weighted by atomic mass is 79.9. The first-order valence-electron chi connectivity index (χ1n) is 5.70. The van der Waals surface area contributed by atoms with Crippen LogP contribution >= 0.6 is 15.9 Å². The van der Waals surface area contributed by atoms with E-state index in [1.807, 2.05) is 18.2 Å². The standard InChI is InChI=1S/C12H14BrN3O3S/c1-8-15-12(20(14,17)18)7-16(8)6-9-5-10(13)3-4-11(9)19-2/h3-5,7H,6H2,1-2H3,(H2,14,17,18). The van der Waals surface area contributed by atoms with Gasteiger partial charge in [-0.2, -0.15) is 0 Å². The molecule has 1 heterocycles. The van der Waals surface area contributed by atoms with E-state index in [0.717, 1.165) is 15.8 Å². The van der Waals surface area contributed by atoms with Crippen LogP contribution in [0.3, 0.4) is 0 Å². The molecule has 108 valence electrons. The van der Waals surface area contributed by atoms with Crippen molar-refractivity contribution in [1.82, 2.24) is 9.55 Å². The van der Waals surface area contributed by atoms with Gasteiger partial charge in [-0.3, -0.25) is 0 Å². The third-order valence-electron chi connectivity index (χ3n) is 2.83. The fourth-order valence-corrected chi connectivity index (χ4v) is 2.77. The molecule has 0 aliphatic heterocycles. The lowest BCUT2D eigenvalue weighted by Crippen LogP contribution is -2.12. The number of rotatable bonds is 4. The lowest BCUT2D eigenvalue weighted by molar-refractivity contribution is 0.408. The summed E-state index contributed by atoms with van der Waals surface area (Å²) in [6.07, 6.45) is 1.42. The minimum atomic E-state index is -3.79. The van der Waals surface area contributed by atoms with Crippen molar-refractivity contribution in [2.75, 3.05) is 7.11 Å². The molecule has 1 aromatic heterocycles. The van der Waals surface area contributed by atoms with Gasteiger partial charge in [0.2, 0.25) is 0 Å². The summed E-state index contributed by atoms with van der Waals surface area (Å²) in [6, 6.07) is 5.63. The van der Waals surface area contributed by atoms with Crippen molar-refractivity contribution in [2.24, 2.45) is 5.14 Å². The van der Waals surface area contributed by atoms with E-state index in [1.165, 1.54) is 6.20 Å². The maximum absolute atomic E-state index is 11.3. The lowest BCUT2D eigenvalue weighted by Gasteiger charge is -2.10. The largest absolute Gasteiger partial charge is 0.496 e. The van der Waals surface area contributed by atoms with E-state index in [0.29, 0.717) is 12.4 Å². The molecule has 0 unspecified atom stereocenters. The van der Waals surface area contributed by atoms with Crippen LogP contribution in [0.4, 0.5) is 0 Å². The molecule has 0 fully saturated rings. The van der Waals surface area contributed by atoms with Crippen molar-refractivity contribution >= 4 is 26.0 Å². The minimum Gasteiger partial charge on any atom is -0.496 e. The number of hydrogen-bond donors (Lipinski definition) is 1. The van der Waals surface area contributed by atoms with Crippen LogP contribution in [-0.4, -0.2) is 25.1 Å². The molecule has 0 saturated heterocycles. The van der Waals surface area contributed by atoms with E-state index in [9.17, 15) is 8.42 Å². The normalized spacial score (nSPS) is 11.6. The van der Waals surface area contributed by atoms with Gasteiger partial charge in [-0.05, 0) is 25.1 Å². The molecule has 0 saturated carbocycles. The van der Waals surface area contributed by atoms with Gasteiger partial charge in [-0.25, -0.2) is 18.5 Å². The third-order valence-corrected chi connectivity index (χ3v) is 4.10. The summed E-state index contributed by atoms with van der Waals surface area (Å²) in [6.45, 7) is 2.16. The molecule has 0 radical (unpaired) electrons. The van der Waals surface area contributed by atoms with E-state index in [2.05, 4.69) is 20.9 Å². The molecule has 0 aliphatic carbocycles. The number of nitrogens with zero attached hydrogens (tertiary/aromatic N) is 2. The Morgan fingerprint density at radius 3 is 2.70 bits per heavy atom. The van der Waals surface area contributed by atoms with Crippen LogP contribution in [0, 0.1) is 6.92 Å². The van der Waals surface area contributed by atoms with Gasteiger partial charge in [0.05, 0.1) is 13.7 Å². The van der Waals surface area contributed by atoms with Gasteiger partial charge < -0.3 is 9.30 Å². The topological polar surface area (TPSA) is 87.2 Å². The Morgan fingerprint density at radius 1 is 1.45 bits per heavy atom. The van der Waals surface area contributed by atoms with Gasteiger partial charge in [0.15, 0.2) is 5.03 Å². The van der Waals surface area contributed by atoms with Crippen molar-refractivity contribution in [3.05, 3.63) is 40.3 Å². The van der Waals surface area contributed by atoms with Gasteiger partial charge in [0.25, 0.3) is 10.0 Å². The van der Waals surface area contributed by atoms with E-state index >= 15 is 0 Å². The zero-order valence-corrected chi connectivity index (χ0v) is 13.4. The smallest absolute Gasteiger partial charge is 0.257 e. The number of methoxy groups -OCH3 is 1. The third kappa shape index (κ3) is 3.20. The van der Waals surface area contributed by atoms with Crippen LogP contribution in [0.5, 0.6) is 5.75 Å². The van der Waals surface area contributed by atoms with Crippen LogP contribution in [0.25, 0.3) is 0 Å². The number of sulfonamides is 1. The molecular weight excluding hydrogens is 346 g/mol. The Kier molecular flexibility index (Phi) is 4.17. The van der Waals surface area contributed by atoms with E-state index < -0.39 is 10.0 Å². The summed E-state index contributed by atoms with van der Waals surface area (Å²) >= 11 is 3.40. The van der Waals surface area contributed by atoms with Gasteiger partial charge >= 0.3 is 0 Å². The molecule has 2 aromatic rings. The Balaban J connectivity index is 2.40. The van der Waals surface area contributed by atoms with Crippen LogP contribution < -0.4 is 9.88 Å². The van der Waals surface area contributed by atoms with Crippen molar-refractivity contribution < 1.29 is 13.2 Å². The van der Waals surface area contributed by atoms with Crippen molar-refractivity contribution in [3.8, 4) is 5.75 Å². The Labute approximate surface area is 125 Å². The molecule has 1 aromatic carbocycles. The molecule has 8 heteroatoms. The minimum absolute atomic E-state index is 0.135. The first-order chi connectivity index (χ1) is 9.31. The molecule has 2 rings (SSSR count). The second-order valence-electron chi connectivity index (χ2n) is 4.26. The van der Waals surface area contributed by atoms with E-state index in [-0.39, 0.29) is 5.03 Å². The highest BCUT2D eigenvalue weighted by molar-refractivity contribution is 9.10. The number of primary sulfonamides is 1. The summed E-state index contributed by atoms with van der Waals surface area (Å²) in [5, 5.41) is 4.94. The molecule has 0 spiro atoms. The fraction of sp³-hybridized carbons (Fsp3) is 0.250. The summed E-state index contributed by atoms with van der Waals surface area (Å²) in [5.74, 6) is 1.29. The maximum Gasteiger partial charge on any atom is 0.257 e. The molecule has 0 aliphatic rings. The molecule has 6 nitrogen and oxygen atoms in total. The number of ether oxygens (including phenoxy) is 1. The van der Waals surface area contributed by atoms with Crippen LogP contribution in [0.1, 0.15) is 11.4 Å². The van der Waals surface area contributed by atoms with Gasteiger partial charge in [0, 0.05) is 16.2 Å². The Morgan fingerprint density at radius 2 is 2.15 bits per heavy atom. The van der Waals surface area contributed by atoms with Gasteiger partial charge in [0.1, 0.15) is 11.6 Å². The lowest BCUT2D eigenvalue weighted by atomic mass is 10.2. The highest BCUT2D eigenvalue weighted by Gasteiger charge is 2.15. The van der Waals surface area contributed by atoms with Gasteiger partial charge in [-0.1, -0.05) is 15.9 Å². The van der Waals surface area contributed by atoms with Crippen LogP contribution in [0.2, 0.25) is 0 Å². The van der Waals surface area contributed by atoms with Crippen LogP contribution in [-0.2, 0) is 16.6 Å². The Bertz CT molecular complexity index is 740. The molecule has 0 atom stereocenters. The molecule has 20 heavy (non-hydrogen) atoms. The van der Waals surface area contributed by atoms with E-state index in [4.69, 9.17) is 9.88 Å². The van der Waals surface area contributed by atoms with E-state index in [1.54, 1.807) is 18.6 Å². The molecule has 0 bridgehead atoms. The molecule has 2 N–H and O–H groups in total. The van der Waals surface area contributed by atoms with Crippen molar-refractivity contribution in [1.29, 1.82) is 0 Å². The summed E-state index contributed by atoms with van der Waals surface area (Å²) in [7, 11) is -2.21. The number of aromatic nitrogens is 2. The first-order valence-corrected chi connectivity index (χ1v) is 8.04. The number of halogens is 1. The summed E-state index contributed by atoms with van der Waals surface area (Å²) < 4.78 is 30.5. The average molecular weight is 360 g/mol. The van der Waals surface area contributed by atoms with Crippen molar-refractivity contribution in [3.63, 3.8) is 0 Å².